The molecule has 0 radical (unpaired) electrons. The zero-order valence-corrected chi connectivity index (χ0v) is 28.5. The number of aromatic nitrogens is 1. The minimum atomic E-state index is 1.11. The summed E-state index contributed by atoms with van der Waals surface area (Å²) in [5.41, 5.74) is 11.7. The van der Waals surface area contributed by atoms with Gasteiger partial charge in [0.1, 0.15) is 0 Å². The average Bonchev–Trinajstić information content (AvgIpc) is 3.55. The van der Waals surface area contributed by atoms with Crippen molar-refractivity contribution in [3.05, 3.63) is 206 Å². The lowest BCUT2D eigenvalue weighted by molar-refractivity contribution is 1.19. The van der Waals surface area contributed by atoms with Crippen LogP contribution in [0.4, 0.5) is 17.1 Å². The second-order valence-electron chi connectivity index (χ2n) is 13.4. The first kappa shape index (κ1) is 30.0. The molecule has 0 atom stereocenters. The summed E-state index contributed by atoms with van der Waals surface area (Å²) in [5, 5.41) is 7.57. The van der Waals surface area contributed by atoms with Gasteiger partial charge in [0.15, 0.2) is 0 Å². The minimum absolute atomic E-state index is 1.11. The first-order valence-electron chi connectivity index (χ1n) is 17.8. The largest absolute Gasteiger partial charge is 0.311 e. The van der Waals surface area contributed by atoms with Crippen LogP contribution in [-0.4, -0.2) is 4.57 Å². The molecule has 10 aromatic rings. The van der Waals surface area contributed by atoms with Crippen LogP contribution in [0.25, 0.3) is 71.3 Å². The van der Waals surface area contributed by atoms with Gasteiger partial charge in [-0.3, -0.25) is 0 Å². The molecule has 244 valence electrons. The van der Waals surface area contributed by atoms with Crippen molar-refractivity contribution in [2.45, 2.75) is 0 Å². The van der Waals surface area contributed by atoms with E-state index in [9.17, 15) is 0 Å². The maximum atomic E-state index is 2.43. The van der Waals surface area contributed by atoms with Crippen LogP contribution < -0.4 is 4.90 Å². The fourth-order valence-electron chi connectivity index (χ4n) is 7.82. The van der Waals surface area contributed by atoms with Crippen molar-refractivity contribution in [2.75, 3.05) is 4.90 Å². The van der Waals surface area contributed by atoms with Crippen LogP contribution in [0.1, 0.15) is 0 Å². The molecule has 0 bridgehead atoms. The summed E-state index contributed by atoms with van der Waals surface area (Å²) in [6.45, 7) is 0. The van der Waals surface area contributed by atoms with Crippen molar-refractivity contribution in [3.8, 4) is 27.9 Å². The van der Waals surface area contributed by atoms with Crippen LogP contribution in [0.2, 0.25) is 0 Å². The third-order valence-electron chi connectivity index (χ3n) is 10.4. The molecule has 0 aliphatic heterocycles. The first-order chi connectivity index (χ1) is 25.8. The number of anilines is 3. The van der Waals surface area contributed by atoms with Crippen molar-refractivity contribution in [1.82, 2.24) is 4.57 Å². The van der Waals surface area contributed by atoms with Gasteiger partial charge in [0.2, 0.25) is 0 Å². The molecule has 0 aliphatic carbocycles. The molecule has 9 aromatic carbocycles. The topological polar surface area (TPSA) is 8.17 Å². The highest BCUT2D eigenvalue weighted by atomic mass is 15.1. The van der Waals surface area contributed by atoms with Crippen LogP contribution in [0.3, 0.4) is 0 Å². The van der Waals surface area contributed by atoms with E-state index in [0.29, 0.717) is 0 Å². The van der Waals surface area contributed by atoms with Crippen LogP contribution in [0, 0.1) is 0 Å². The van der Waals surface area contributed by atoms with Gasteiger partial charge in [-0.25, -0.2) is 0 Å². The lowest BCUT2D eigenvalue weighted by Gasteiger charge is -2.26. The quantitative estimate of drug-likeness (QED) is 0.161. The molecule has 0 unspecified atom stereocenters. The van der Waals surface area contributed by atoms with Gasteiger partial charge in [0.05, 0.1) is 11.0 Å². The summed E-state index contributed by atoms with van der Waals surface area (Å²) in [4.78, 5) is 2.32. The molecule has 0 fully saturated rings. The molecule has 0 N–H and O–H groups in total. The number of hydrogen-bond donors (Lipinski definition) is 0. The molecule has 10 rings (SSSR count). The van der Waals surface area contributed by atoms with E-state index in [-0.39, 0.29) is 0 Å². The van der Waals surface area contributed by atoms with Gasteiger partial charge in [-0.15, -0.1) is 0 Å². The van der Waals surface area contributed by atoms with Crippen LogP contribution in [0.5, 0.6) is 0 Å². The normalized spacial score (nSPS) is 11.5. The van der Waals surface area contributed by atoms with Gasteiger partial charge in [0.25, 0.3) is 0 Å². The minimum Gasteiger partial charge on any atom is -0.311 e. The molecule has 0 aliphatic rings. The lowest BCUT2D eigenvalue weighted by Crippen LogP contribution is -2.09. The Hall–Kier alpha value is -6.90. The summed E-state index contributed by atoms with van der Waals surface area (Å²) in [6.07, 6.45) is 0. The van der Waals surface area contributed by atoms with Gasteiger partial charge < -0.3 is 9.47 Å². The monoisotopic (exact) mass is 662 g/mol. The van der Waals surface area contributed by atoms with E-state index in [4.69, 9.17) is 0 Å². The third kappa shape index (κ3) is 5.12. The molecule has 2 nitrogen and oxygen atoms in total. The van der Waals surface area contributed by atoms with Crippen molar-refractivity contribution in [3.63, 3.8) is 0 Å². The summed E-state index contributed by atoms with van der Waals surface area (Å²) in [7, 11) is 0. The van der Waals surface area contributed by atoms with Gasteiger partial charge >= 0.3 is 0 Å². The fourth-order valence-corrected chi connectivity index (χ4v) is 7.82. The molecule has 1 heterocycles. The highest BCUT2D eigenvalue weighted by Gasteiger charge is 2.16. The van der Waals surface area contributed by atoms with Gasteiger partial charge in [-0.1, -0.05) is 146 Å². The van der Waals surface area contributed by atoms with E-state index < -0.39 is 0 Å². The van der Waals surface area contributed by atoms with E-state index >= 15 is 0 Å². The standard InChI is InChI=1S/C50H34N2/c1-3-11-35(12-4-1)36-21-27-42(28-22-36)51(41-14-5-2-6-15-41)43-29-23-37(24-30-43)40-26-32-47-46-17-9-10-18-49(46)52(50(47)33-40)44-31-25-39-20-19-38-13-7-8-16-45(38)48(39)34-44/h1-34H. The highest BCUT2D eigenvalue weighted by molar-refractivity contribution is 6.12. The highest BCUT2D eigenvalue weighted by Crippen LogP contribution is 2.39. The van der Waals surface area contributed by atoms with E-state index in [1.807, 2.05) is 0 Å². The fraction of sp³-hybridized carbons (Fsp3) is 0. The lowest BCUT2D eigenvalue weighted by atomic mass is 10.0. The number of benzene rings is 9. The molecule has 0 spiro atoms. The van der Waals surface area contributed by atoms with Crippen LogP contribution >= 0.6 is 0 Å². The summed E-state index contributed by atoms with van der Waals surface area (Å²) < 4.78 is 2.43. The van der Waals surface area contributed by atoms with E-state index in [2.05, 4.69) is 216 Å². The summed E-state index contributed by atoms with van der Waals surface area (Å²) in [6, 6.07) is 74.6. The van der Waals surface area contributed by atoms with Crippen molar-refractivity contribution in [1.29, 1.82) is 0 Å². The van der Waals surface area contributed by atoms with Crippen LogP contribution in [0.15, 0.2) is 206 Å². The molecule has 0 saturated heterocycles. The zero-order chi connectivity index (χ0) is 34.4. The van der Waals surface area contributed by atoms with Crippen LogP contribution in [-0.2, 0) is 0 Å². The van der Waals surface area contributed by atoms with Gasteiger partial charge in [0, 0.05) is 33.5 Å². The van der Waals surface area contributed by atoms with E-state index in [0.717, 1.165) is 17.1 Å². The van der Waals surface area contributed by atoms with Gasteiger partial charge in [-0.05, 0) is 104 Å². The van der Waals surface area contributed by atoms with Crippen molar-refractivity contribution < 1.29 is 0 Å². The van der Waals surface area contributed by atoms with E-state index in [1.54, 1.807) is 0 Å². The number of fused-ring (bicyclic) bond motifs is 6. The number of hydrogen-bond acceptors (Lipinski definition) is 1. The van der Waals surface area contributed by atoms with E-state index in [1.165, 1.54) is 71.3 Å². The SMILES string of the molecule is c1ccc(-c2ccc(N(c3ccccc3)c3ccc(-c4ccc5c6ccccc6n(-c6ccc7ccc8ccccc8c7c6)c5c4)cc3)cc2)cc1. The Balaban J connectivity index is 1.07. The average molecular weight is 663 g/mol. The second-order valence-corrected chi connectivity index (χ2v) is 13.4. The summed E-state index contributed by atoms with van der Waals surface area (Å²) in [5.74, 6) is 0. The molecule has 0 amide bonds. The maximum absolute atomic E-state index is 2.43. The Morgan fingerprint density at radius 3 is 1.52 bits per heavy atom. The predicted molar refractivity (Wildman–Crippen MR) is 221 cm³/mol. The van der Waals surface area contributed by atoms with Crippen molar-refractivity contribution >= 4 is 60.4 Å². The smallest absolute Gasteiger partial charge is 0.0547 e. The first-order valence-corrected chi connectivity index (χ1v) is 17.8. The Bertz CT molecular complexity index is 2870. The Morgan fingerprint density at radius 1 is 0.288 bits per heavy atom. The zero-order valence-electron chi connectivity index (χ0n) is 28.5. The molecule has 0 saturated carbocycles. The number of para-hydroxylation sites is 2. The second kappa shape index (κ2) is 12.5. The molecular formula is C50H34N2. The van der Waals surface area contributed by atoms with Gasteiger partial charge in [-0.2, -0.15) is 0 Å². The molecule has 2 heteroatoms. The summed E-state index contributed by atoms with van der Waals surface area (Å²) >= 11 is 0. The molecule has 1 aromatic heterocycles. The third-order valence-corrected chi connectivity index (χ3v) is 10.4. The van der Waals surface area contributed by atoms with Crippen molar-refractivity contribution in [2.24, 2.45) is 0 Å². The predicted octanol–water partition coefficient (Wildman–Crippen LogP) is 13.9. The number of rotatable bonds is 6. The Kier molecular flexibility index (Phi) is 7.18. The molecular weight excluding hydrogens is 629 g/mol. The number of nitrogens with zero attached hydrogens (tertiary/aromatic N) is 2. The Morgan fingerprint density at radius 2 is 0.788 bits per heavy atom. The maximum Gasteiger partial charge on any atom is 0.0547 e. The molecule has 52 heavy (non-hydrogen) atoms. The Labute approximate surface area is 303 Å².